The number of hydrogen-bond acceptors (Lipinski definition) is 4. The summed E-state index contributed by atoms with van der Waals surface area (Å²) in [5.74, 6) is -1.43. The van der Waals surface area contributed by atoms with E-state index in [1.807, 2.05) is 0 Å². The van der Waals surface area contributed by atoms with E-state index in [0.717, 1.165) is 10.9 Å². The van der Waals surface area contributed by atoms with Crippen molar-refractivity contribution in [2.45, 2.75) is 18.4 Å². The summed E-state index contributed by atoms with van der Waals surface area (Å²) in [4.78, 5) is 23.9. The van der Waals surface area contributed by atoms with Crippen LogP contribution >= 0.6 is 0 Å². The molecule has 1 aliphatic rings. The molecule has 0 unspecified atom stereocenters. The maximum absolute atomic E-state index is 12.3. The quantitative estimate of drug-likeness (QED) is 0.779. The number of aliphatic carboxylic acids is 1. The van der Waals surface area contributed by atoms with Gasteiger partial charge in [0.1, 0.15) is 5.54 Å². The van der Waals surface area contributed by atoms with Gasteiger partial charge < -0.3 is 15.2 Å². The topological polar surface area (TPSA) is 104 Å². The van der Waals surface area contributed by atoms with Crippen LogP contribution in [0.5, 0.6) is 0 Å². The zero-order valence-electron chi connectivity index (χ0n) is 11.3. The second-order valence-corrected chi connectivity index (χ2v) is 5.13. The first-order valence-electron chi connectivity index (χ1n) is 6.67. The standard InChI is InChI=1S/C14H15N3O4/c18-12(9-1-2-10-8-15-17-11(10)7-9)16-14(13(19)20)3-5-21-6-4-14/h1-2,7-8H,3-6H2,(H,15,17)(H,16,18)(H,19,20). The van der Waals surface area contributed by atoms with Crippen LogP contribution in [0.1, 0.15) is 23.2 Å². The number of rotatable bonds is 3. The molecule has 21 heavy (non-hydrogen) atoms. The lowest BCUT2D eigenvalue weighted by molar-refractivity contribution is -0.148. The molecule has 2 heterocycles. The molecule has 3 N–H and O–H groups in total. The summed E-state index contributed by atoms with van der Waals surface area (Å²) < 4.78 is 5.18. The summed E-state index contributed by atoms with van der Waals surface area (Å²) in [5, 5.41) is 19.7. The molecule has 1 aromatic heterocycles. The number of hydrogen-bond donors (Lipinski definition) is 3. The number of aromatic amines is 1. The molecular formula is C14H15N3O4. The summed E-state index contributed by atoms with van der Waals surface area (Å²) in [5.41, 5.74) is -0.115. The Bertz CT molecular complexity index is 688. The summed E-state index contributed by atoms with van der Waals surface area (Å²) in [7, 11) is 0. The van der Waals surface area contributed by atoms with Gasteiger partial charge in [0.25, 0.3) is 5.91 Å². The third-order valence-corrected chi connectivity index (χ3v) is 3.81. The molecule has 3 rings (SSSR count). The molecule has 7 nitrogen and oxygen atoms in total. The predicted octanol–water partition coefficient (Wildman–Crippen LogP) is 0.926. The molecule has 1 fully saturated rings. The van der Waals surface area contributed by atoms with Crippen LogP contribution < -0.4 is 5.32 Å². The van der Waals surface area contributed by atoms with E-state index in [4.69, 9.17) is 4.74 Å². The largest absolute Gasteiger partial charge is 0.480 e. The summed E-state index contributed by atoms with van der Waals surface area (Å²) in [6.07, 6.45) is 2.19. The van der Waals surface area contributed by atoms with Gasteiger partial charge in [-0.3, -0.25) is 9.89 Å². The van der Waals surface area contributed by atoms with Crippen molar-refractivity contribution in [3.63, 3.8) is 0 Å². The molecule has 1 saturated heterocycles. The van der Waals surface area contributed by atoms with Crippen LogP contribution in [0, 0.1) is 0 Å². The van der Waals surface area contributed by atoms with Crippen molar-refractivity contribution >= 4 is 22.8 Å². The number of carboxylic acids is 1. The van der Waals surface area contributed by atoms with Crippen LogP contribution in [-0.4, -0.2) is 45.9 Å². The highest BCUT2D eigenvalue weighted by molar-refractivity contribution is 6.00. The van der Waals surface area contributed by atoms with Gasteiger partial charge in [0.15, 0.2) is 0 Å². The Morgan fingerprint density at radius 1 is 1.33 bits per heavy atom. The Morgan fingerprint density at radius 2 is 2.10 bits per heavy atom. The van der Waals surface area contributed by atoms with Crippen molar-refractivity contribution in [1.29, 1.82) is 0 Å². The van der Waals surface area contributed by atoms with E-state index in [1.54, 1.807) is 24.4 Å². The van der Waals surface area contributed by atoms with Gasteiger partial charge >= 0.3 is 5.97 Å². The minimum atomic E-state index is -1.25. The van der Waals surface area contributed by atoms with Crippen LogP contribution in [0.3, 0.4) is 0 Å². The Balaban J connectivity index is 1.85. The number of aromatic nitrogens is 2. The summed E-state index contributed by atoms with van der Waals surface area (Å²) in [6, 6.07) is 5.08. The van der Waals surface area contributed by atoms with Gasteiger partial charge in [-0.2, -0.15) is 5.10 Å². The maximum atomic E-state index is 12.3. The number of amides is 1. The van der Waals surface area contributed by atoms with Gasteiger partial charge in [-0.05, 0) is 12.1 Å². The van der Waals surface area contributed by atoms with Crippen molar-refractivity contribution in [3.05, 3.63) is 30.0 Å². The van der Waals surface area contributed by atoms with E-state index in [1.165, 1.54) is 0 Å². The third-order valence-electron chi connectivity index (χ3n) is 3.81. The molecule has 0 radical (unpaired) electrons. The lowest BCUT2D eigenvalue weighted by Crippen LogP contribution is -2.57. The van der Waals surface area contributed by atoms with E-state index >= 15 is 0 Å². The van der Waals surface area contributed by atoms with E-state index in [2.05, 4.69) is 15.5 Å². The normalized spacial score (nSPS) is 17.5. The van der Waals surface area contributed by atoms with Crippen LogP contribution in [-0.2, 0) is 9.53 Å². The van der Waals surface area contributed by atoms with Crippen molar-refractivity contribution in [3.8, 4) is 0 Å². The van der Waals surface area contributed by atoms with Crippen LogP contribution in [0.4, 0.5) is 0 Å². The van der Waals surface area contributed by atoms with Gasteiger partial charge in [0.2, 0.25) is 0 Å². The molecule has 2 aromatic rings. The number of ether oxygens (including phenoxy) is 1. The van der Waals surface area contributed by atoms with Gasteiger partial charge in [0.05, 0.1) is 11.7 Å². The zero-order chi connectivity index (χ0) is 14.9. The van der Waals surface area contributed by atoms with Crippen LogP contribution in [0.25, 0.3) is 10.9 Å². The average Bonchev–Trinajstić information content (AvgIpc) is 2.95. The van der Waals surface area contributed by atoms with Gasteiger partial charge in [0, 0.05) is 37.0 Å². The second-order valence-electron chi connectivity index (χ2n) is 5.13. The fourth-order valence-electron chi connectivity index (χ4n) is 2.48. The highest BCUT2D eigenvalue weighted by atomic mass is 16.5. The van der Waals surface area contributed by atoms with Gasteiger partial charge in [-0.25, -0.2) is 4.79 Å². The van der Waals surface area contributed by atoms with Gasteiger partial charge in [-0.1, -0.05) is 6.07 Å². The molecule has 0 saturated carbocycles. The number of H-pyrrole nitrogens is 1. The number of carbonyl (C=O) groups excluding carboxylic acids is 1. The van der Waals surface area contributed by atoms with Crippen molar-refractivity contribution in [1.82, 2.24) is 15.5 Å². The molecule has 1 aliphatic heterocycles. The number of nitrogens with zero attached hydrogens (tertiary/aromatic N) is 1. The Kier molecular flexibility index (Phi) is 3.34. The molecule has 0 atom stereocenters. The lowest BCUT2D eigenvalue weighted by Gasteiger charge is -2.33. The molecule has 0 bridgehead atoms. The first-order valence-corrected chi connectivity index (χ1v) is 6.67. The van der Waals surface area contributed by atoms with Crippen molar-refractivity contribution in [2.75, 3.05) is 13.2 Å². The molecule has 110 valence electrons. The van der Waals surface area contributed by atoms with E-state index in [9.17, 15) is 14.7 Å². The first-order chi connectivity index (χ1) is 10.1. The number of benzene rings is 1. The molecule has 0 spiro atoms. The highest BCUT2D eigenvalue weighted by Gasteiger charge is 2.41. The zero-order valence-corrected chi connectivity index (χ0v) is 11.3. The van der Waals surface area contributed by atoms with Crippen molar-refractivity contribution < 1.29 is 19.4 Å². The Hall–Kier alpha value is -2.41. The molecule has 1 amide bonds. The summed E-state index contributed by atoms with van der Waals surface area (Å²) >= 11 is 0. The van der Waals surface area contributed by atoms with E-state index < -0.39 is 17.4 Å². The SMILES string of the molecule is O=C(NC1(C(=O)O)CCOCC1)c1ccc2cn[nH]c2c1. The minimum Gasteiger partial charge on any atom is -0.480 e. The van der Waals surface area contributed by atoms with Crippen molar-refractivity contribution in [2.24, 2.45) is 0 Å². The molecule has 7 heteroatoms. The van der Waals surface area contributed by atoms with Crippen LogP contribution in [0.2, 0.25) is 0 Å². The number of nitrogens with one attached hydrogen (secondary N) is 2. The average molecular weight is 289 g/mol. The second kappa shape index (κ2) is 5.17. The first kappa shape index (κ1) is 13.6. The summed E-state index contributed by atoms with van der Waals surface area (Å²) in [6.45, 7) is 0.651. The number of carboxylic acid groups (broad SMARTS) is 1. The Labute approximate surface area is 120 Å². The van der Waals surface area contributed by atoms with Gasteiger partial charge in [-0.15, -0.1) is 0 Å². The van der Waals surface area contributed by atoms with E-state index in [-0.39, 0.29) is 12.8 Å². The van der Waals surface area contributed by atoms with E-state index in [0.29, 0.717) is 18.8 Å². The number of carbonyl (C=O) groups is 2. The third kappa shape index (κ3) is 2.47. The maximum Gasteiger partial charge on any atom is 0.329 e. The minimum absolute atomic E-state index is 0.264. The smallest absolute Gasteiger partial charge is 0.329 e. The molecule has 1 aromatic carbocycles. The molecule has 0 aliphatic carbocycles. The highest BCUT2D eigenvalue weighted by Crippen LogP contribution is 2.22. The fourth-order valence-corrected chi connectivity index (χ4v) is 2.48. The lowest BCUT2D eigenvalue weighted by atomic mass is 9.89. The Morgan fingerprint density at radius 3 is 2.81 bits per heavy atom. The number of fused-ring (bicyclic) bond motifs is 1. The molecular weight excluding hydrogens is 274 g/mol. The van der Waals surface area contributed by atoms with Crippen LogP contribution in [0.15, 0.2) is 24.4 Å². The monoisotopic (exact) mass is 289 g/mol. The fraction of sp³-hybridized carbons (Fsp3) is 0.357. The predicted molar refractivity (Wildman–Crippen MR) is 74.0 cm³/mol.